The van der Waals surface area contributed by atoms with E-state index in [-0.39, 0.29) is 0 Å². The highest BCUT2D eigenvalue weighted by Crippen LogP contribution is 2.14. The molecule has 2 N–H and O–H groups in total. The van der Waals surface area contributed by atoms with E-state index in [2.05, 4.69) is 31.2 Å². The molecule has 0 bridgehead atoms. The second-order valence-corrected chi connectivity index (χ2v) is 3.52. The van der Waals surface area contributed by atoms with Crippen molar-refractivity contribution in [3.8, 4) is 0 Å². The minimum Gasteiger partial charge on any atom is -0.377 e. The Kier molecular flexibility index (Phi) is 4.63. The van der Waals surface area contributed by atoms with Crippen LogP contribution in [0.2, 0.25) is 0 Å². The van der Waals surface area contributed by atoms with Crippen LogP contribution in [0.1, 0.15) is 30.9 Å². The van der Waals surface area contributed by atoms with Crippen molar-refractivity contribution >= 4 is 0 Å². The molecule has 0 aromatic heterocycles. The first-order valence-corrected chi connectivity index (χ1v) is 5.14. The Morgan fingerprint density at radius 3 is 2.43 bits per heavy atom. The fraction of sp³-hybridized carbons (Fsp3) is 0.500. The van der Waals surface area contributed by atoms with E-state index in [1.54, 1.807) is 0 Å². The summed E-state index contributed by atoms with van der Waals surface area (Å²) >= 11 is 0. The molecule has 2 nitrogen and oxygen atoms in total. The Labute approximate surface area is 86.1 Å². The number of hydrogen-bond acceptors (Lipinski definition) is 2. The van der Waals surface area contributed by atoms with Gasteiger partial charge in [0.2, 0.25) is 0 Å². The zero-order chi connectivity index (χ0) is 10.4. The summed E-state index contributed by atoms with van der Waals surface area (Å²) in [6.07, 6.45) is 0. The fourth-order valence-electron chi connectivity index (χ4n) is 1.30. The first kappa shape index (κ1) is 11.2. The summed E-state index contributed by atoms with van der Waals surface area (Å²) in [5.41, 5.74) is 8.12. The van der Waals surface area contributed by atoms with Crippen LogP contribution >= 0.6 is 0 Å². The van der Waals surface area contributed by atoms with Gasteiger partial charge in [-0.2, -0.15) is 0 Å². The van der Waals surface area contributed by atoms with E-state index in [1.165, 1.54) is 11.1 Å². The van der Waals surface area contributed by atoms with Gasteiger partial charge >= 0.3 is 0 Å². The maximum absolute atomic E-state index is 5.60. The molecular formula is C12H19NO. The molecule has 0 aliphatic heterocycles. The van der Waals surface area contributed by atoms with Gasteiger partial charge < -0.3 is 10.5 Å². The number of rotatable bonds is 5. The number of benzene rings is 1. The van der Waals surface area contributed by atoms with Gasteiger partial charge in [0.15, 0.2) is 0 Å². The SMILES string of the molecule is CCOCc1ccc(C(C)CN)cc1. The van der Waals surface area contributed by atoms with Crippen molar-refractivity contribution in [1.29, 1.82) is 0 Å². The molecule has 0 heterocycles. The third kappa shape index (κ3) is 3.13. The van der Waals surface area contributed by atoms with Crippen LogP contribution in [-0.2, 0) is 11.3 Å². The molecule has 0 aliphatic rings. The Hall–Kier alpha value is -0.860. The van der Waals surface area contributed by atoms with Crippen LogP contribution < -0.4 is 5.73 Å². The van der Waals surface area contributed by atoms with Gasteiger partial charge in [0.1, 0.15) is 0 Å². The average Bonchev–Trinajstić information content (AvgIpc) is 2.26. The maximum atomic E-state index is 5.60. The zero-order valence-corrected chi connectivity index (χ0v) is 8.99. The molecule has 1 rings (SSSR count). The summed E-state index contributed by atoms with van der Waals surface area (Å²) in [5.74, 6) is 0.441. The van der Waals surface area contributed by atoms with Gasteiger partial charge in [-0.3, -0.25) is 0 Å². The highest BCUT2D eigenvalue weighted by atomic mass is 16.5. The Morgan fingerprint density at radius 1 is 1.29 bits per heavy atom. The smallest absolute Gasteiger partial charge is 0.0716 e. The molecule has 14 heavy (non-hydrogen) atoms. The van der Waals surface area contributed by atoms with Gasteiger partial charge in [0, 0.05) is 6.61 Å². The minimum absolute atomic E-state index is 0.441. The molecule has 0 aliphatic carbocycles. The van der Waals surface area contributed by atoms with Crippen LogP contribution in [-0.4, -0.2) is 13.2 Å². The van der Waals surface area contributed by atoms with E-state index in [0.29, 0.717) is 19.1 Å². The van der Waals surface area contributed by atoms with Crippen molar-refractivity contribution in [2.45, 2.75) is 26.4 Å². The van der Waals surface area contributed by atoms with E-state index in [0.717, 1.165) is 6.61 Å². The Morgan fingerprint density at radius 2 is 1.93 bits per heavy atom. The highest BCUT2D eigenvalue weighted by Gasteiger charge is 2.02. The van der Waals surface area contributed by atoms with Gasteiger partial charge in [-0.25, -0.2) is 0 Å². The van der Waals surface area contributed by atoms with Crippen LogP contribution in [0.3, 0.4) is 0 Å². The van der Waals surface area contributed by atoms with Crippen molar-refractivity contribution in [2.75, 3.05) is 13.2 Å². The predicted octanol–water partition coefficient (Wildman–Crippen LogP) is 2.29. The minimum atomic E-state index is 0.441. The first-order chi connectivity index (χ1) is 6.77. The van der Waals surface area contributed by atoms with E-state index < -0.39 is 0 Å². The molecule has 2 heteroatoms. The lowest BCUT2D eigenvalue weighted by Gasteiger charge is -2.09. The standard InChI is InChI=1S/C12H19NO/c1-3-14-9-11-4-6-12(7-5-11)10(2)8-13/h4-7,10H,3,8-9,13H2,1-2H3. The Bertz CT molecular complexity index is 256. The van der Waals surface area contributed by atoms with Crippen molar-refractivity contribution in [3.05, 3.63) is 35.4 Å². The van der Waals surface area contributed by atoms with Crippen LogP contribution in [0, 0.1) is 0 Å². The molecule has 0 saturated heterocycles. The largest absolute Gasteiger partial charge is 0.377 e. The predicted molar refractivity (Wildman–Crippen MR) is 59.2 cm³/mol. The summed E-state index contributed by atoms with van der Waals surface area (Å²) in [6, 6.07) is 8.48. The van der Waals surface area contributed by atoms with Gasteiger partial charge in [-0.1, -0.05) is 31.2 Å². The molecule has 1 unspecified atom stereocenters. The second kappa shape index (κ2) is 5.78. The molecule has 0 spiro atoms. The lowest BCUT2D eigenvalue weighted by atomic mass is 10.0. The van der Waals surface area contributed by atoms with Crippen LogP contribution in [0.5, 0.6) is 0 Å². The molecule has 0 saturated carbocycles. The summed E-state index contributed by atoms with van der Waals surface area (Å²) in [7, 11) is 0. The summed E-state index contributed by atoms with van der Waals surface area (Å²) in [6.45, 7) is 6.31. The Balaban J connectivity index is 2.59. The topological polar surface area (TPSA) is 35.2 Å². The average molecular weight is 193 g/mol. The third-order valence-corrected chi connectivity index (χ3v) is 2.38. The number of ether oxygens (including phenoxy) is 1. The molecule has 0 radical (unpaired) electrons. The maximum Gasteiger partial charge on any atom is 0.0716 e. The summed E-state index contributed by atoms with van der Waals surface area (Å²) in [5, 5.41) is 0. The monoisotopic (exact) mass is 193 g/mol. The highest BCUT2D eigenvalue weighted by molar-refractivity contribution is 5.24. The lowest BCUT2D eigenvalue weighted by Crippen LogP contribution is -2.08. The van der Waals surface area contributed by atoms with E-state index >= 15 is 0 Å². The van der Waals surface area contributed by atoms with Gasteiger partial charge in [-0.15, -0.1) is 0 Å². The van der Waals surface area contributed by atoms with Crippen LogP contribution in [0.15, 0.2) is 24.3 Å². The molecule has 0 amide bonds. The van der Waals surface area contributed by atoms with Gasteiger partial charge in [0.25, 0.3) is 0 Å². The number of nitrogens with two attached hydrogens (primary N) is 1. The fourth-order valence-corrected chi connectivity index (χ4v) is 1.30. The summed E-state index contributed by atoms with van der Waals surface area (Å²) < 4.78 is 5.32. The first-order valence-electron chi connectivity index (χ1n) is 5.14. The molecule has 78 valence electrons. The quantitative estimate of drug-likeness (QED) is 0.778. The molecule has 1 atom stereocenters. The van der Waals surface area contributed by atoms with E-state index in [9.17, 15) is 0 Å². The van der Waals surface area contributed by atoms with Gasteiger partial charge in [-0.05, 0) is 30.5 Å². The van der Waals surface area contributed by atoms with Crippen molar-refractivity contribution < 1.29 is 4.74 Å². The van der Waals surface area contributed by atoms with Crippen molar-refractivity contribution in [1.82, 2.24) is 0 Å². The molecule has 1 aromatic carbocycles. The van der Waals surface area contributed by atoms with Crippen LogP contribution in [0.4, 0.5) is 0 Å². The lowest BCUT2D eigenvalue weighted by molar-refractivity contribution is 0.134. The van der Waals surface area contributed by atoms with Crippen molar-refractivity contribution in [3.63, 3.8) is 0 Å². The van der Waals surface area contributed by atoms with E-state index in [4.69, 9.17) is 10.5 Å². The van der Waals surface area contributed by atoms with E-state index in [1.807, 2.05) is 6.92 Å². The number of hydrogen-bond donors (Lipinski definition) is 1. The molecule has 1 aromatic rings. The van der Waals surface area contributed by atoms with Crippen LogP contribution in [0.25, 0.3) is 0 Å². The molecular weight excluding hydrogens is 174 g/mol. The van der Waals surface area contributed by atoms with Gasteiger partial charge in [0.05, 0.1) is 6.61 Å². The molecule has 0 fully saturated rings. The van der Waals surface area contributed by atoms with Crippen molar-refractivity contribution in [2.24, 2.45) is 5.73 Å². The normalized spacial score (nSPS) is 12.8. The third-order valence-electron chi connectivity index (χ3n) is 2.38. The zero-order valence-electron chi connectivity index (χ0n) is 8.99. The summed E-state index contributed by atoms with van der Waals surface area (Å²) in [4.78, 5) is 0. The second-order valence-electron chi connectivity index (χ2n) is 3.52.